The lowest BCUT2D eigenvalue weighted by Gasteiger charge is -2.18. The highest BCUT2D eigenvalue weighted by Gasteiger charge is 2.19. The third-order valence-electron chi connectivity index (χ3n) is 10.8. The molecule has 0 aromatic carbocycles. The minimum Gasteiger partial charge on any atom is -0.462 e. The molecule has 6 nitrogen and oxygen atoms in total. The molecular formula is C58H96O6. The van der Waals surface area contributed by atoms with Crippen LogP contribution in [0.5, 0.6) is 0 Å². The number of carbonyl (C=O) groups excluding carboxylic acids is 3. The minimum atomic E-state index is -0.816. The Balaban J connectivity index is 4.48. The molecule has 0 N–H and O–H groups in total. The lowest BCUT2D eigenvalue weighted by molar-refractivity contribution is -0.166. The quantitative estimate of drug-likeness (QED) is 0.0262. The van der Waals surface area contributed by atoms with E-state index in [1.165, 1.54) is 83.5 Å². The van der Waals surface area contributed by atoms with Gasteiger partial charge >= 0.3 is 17.9 Å². The van der Waals surface area contributed by atoms with Gasteiger partial charge in [0.15, 0.2) is 6.10 Å². The predicted octanol–water partition coefficient (Wildman–Crippen LogP) is 17.4. The van der Waals surface area contributed by atoms with Crippen molar-refractivity contribution in [3.05, 3.63) is 97.2 Å². The number of rotatable bonds is 46. The summed E-state index contributed by atoms with van der Waals surface area (Å²) in [4.78, 5) is 38.0. The number of allylic oxidation sites excluding steroid dienone is 16. The van der Waals surface area contributed by atoms with Gasteiger partial charge < -0.3 is 14.2 Å². The molecule has 0 amide bonds. The van der Waals surface area contributed by atoms with E-state index in [0.717, 1.165) is 103 Å². The highest BCUT2D eigenvalue weighted by atomic mass is 16.6. The Bertz CT molecular complexity index is 1300. The van der Waals surface area contributed by atoms with E-state index >= 15 is 0 Å². The van der Waals surface area contributed by atoms with E-state index in [1.807, 2.05) is 12.2 Å². The van der Waals surface area contributed by atoms with Gasteiger partial charge in [-0.1, -0.05) is 201 Å². The molecule has 0 aromatic rings. The van der Waals surface area contributed by atoms with Gasteiger partial charge in [-0.05, 0) is 109 Å². The summed E-state index contributed by atoms with van der Waals surface area (Å²) >= 11 is 0. The molecule has 0 aromatic heterocycles. The number of hydrogen-bond donors (Lipinski definition) is 0. The molecule has 0 radical (unpaired) electrons. The standard InChI is InChI=1S/C58H96O6/c1-4-7-10-13-16-19-22-25-27-28-29-30-31-34-36-39-42-45-48-51-57(60)63-54-55(53-62-56(59)50-47-44-41-38-35-32-24-21-18-15-12-9-6-3)64-58(61)52-49-46-43-40-37-33-26-23-20-17-14-11-8-5-2/h9,12,16,18-19,21,23,25-27,29-30,32,35,41,44,55H,4-8,10-11,13-15,17,20,22,24,28,31,33-34,36-40,42-43,45-54H2,1-3H3/b12-9-,19-16-,21-18-,26-23-,27-25-,30-29-,35-32-,44-41-. The summed E-state index contributed by atoms with van der Waals surface area (Å²) in [6.07, 6.45) is 68.3. The zero-order chi connectivity index (χ0) is 46.5. The maximum absolute atomic E-state index is 12.8. The van der Waals surface area contributed by atoms with E-state index in [-0.39, 0.29) is 37.5 Å². The monoisotopic (exact) mass is 889 g/mol. The number of ether oxygens (including phenoxy) is 3. The second kappa shape index (κ2) is 52.0. The topological polar surface area (TPSA) is 78.9 Å². The van der Waals surface area contributed by atoms with Gasteiger partial charge in [0.1, 0.15) is 13.2 Å². The summed E-state index contributed by atoms with van der Waals surface area (Å²) < 4.78 is 16.7. The number of hydrogen-bond acceptors (Lipinski definition) is 6. The van der Waals surface area contributed by atoms with Crippen LogP contribution in [0.4, 0.5) is 0 Å². The van der Waals surface area contributed by atoms with Crippen LogP contribution in [-0.4, -0.2) is 37.2 Å². The van der Waals surface area contributed by atoms with Crippen molar-refractivity contribution in [3.8, 4) is 0 Å². The number of carbonyl (C=O) groups is 3. The Labute approximate surface area is 394 Å². The molecule has 0 saturated carbocycles. The fourth-order valence-corrected chi connectivity index (χ4v) is 6.87. The summed E-state index contributed by atoms with van der Waals surface area (Å²) in [5.41, 5.74) is 0. The van der Waals surface area contributed by atoms with Crippen LogP contribution in [0.2, 0.25) is 0 Å². The van der Waals surface area contributed by atoms with Crippen molar-refractivity contribution >= 4 is 17.9 Å². The van der Waals surface area contributed by atoms with E-state index in [9.17, 15) is 14.4 Å². The summed E-state index contributed by atoms with van der Waals surface area (Å²) in [6.45, 7) is 6.39. The van der Waals surface area contributed by atoms with Crippen LogP contribution in [0.15, 0.2) is 97.2 Å². The Morgan fingerprint density at radius 3 is 1.09 bits per heavy atom. The van der Waals surface area contributed by atoms with E-state index in [4.69, 9.17) is 14.2 Å². The van der Waals surface area contributed by atoms with Crippen LogP contribution in [0, 0.1) is 0 Å². The molecule has 364 valence electrons. The van der Waals surface area contributed by atoms with E-state index in [0.29, 0.717) is 19.3 Å². The second-order valence-electron chi connectivity index (χ2n) is 17.0. The fourth-order valence-electron chi connectivity index (χ4n) is 6.87. The van der Waals surface area contributed by atoms with Gasteiger partial charge in [-0.25, -0.2) is 0 Å². The smallest absolute Gasteiger partial charge is 0.306 e. The zero-order valence-electron chi connectivity index (χ0n) is 41.5. The third kappa shape index (κ3) is 49.3. The SMILES string of the molecule is CC/C=C\C/C=C\C/C=C\C/C=C\CCC(=O)OCC(COC(=O)CCCCCCCC/C=C\C/C=C\C/C=C\CCCCC)OC(=O)CCCCCCC/C=C\CCCCCCC. The van der Waals surface area contributed by atoms with Crippen molar-refractivity contribution in [3.63, 3.8) is 0 Å². The molecule has 1 atom stereocenters. The van der Waals surface area contributed by atoms with Crippen molar-refractivity contribution in [2.24, 2.45) is 0 Å². The molecular weight excluding hydrogens is 793 g/mol. The molecule has 0 rings (SSSR count). The molecule has 0 spiro atoms. The summed E-state index contributed by atoms with van der Waals surface area (Å²) in [5.74, 6) is -1.02. The maximum atomic E-state index is 12.8. The van der Waals surface area contributed by atoms with Crippen LogP contribution < -0.4 is 0 Å². The van der Waals surface area contributed by atoms with Crippen LogP contribution in [0.25, 0.3) is 0 Å². The van der Waals surface area contributed by atoms with Crippen molar-refractivity contribution in [2.45, 2.75) is 239 Å². The molecule has 1 unspecified atom stereocenters. The largest absolute Gasteiger partial charge is 0.462 e. The van der Waals surface area contributed by atoms with E-state index in [1.54, 1.807) is 0 Å². The van der Waals surface area contributed by atoms with Crippen LogP contribution in [0.3, 0.4) is 0 Å². The van der Waals surface area contributed by atoms with Gasteiger partial charge in [0.05, 0.1) is 0 Å². The highest BCUT2D eigenvalue weighted by Crippen LogP contribution is 2.13. The van der Waals surface area contributed by atoms with Gasteiger partial charge in [0.25, 0.3) is 0 Å². The first kappa shape index (κ1) is 60.3. The van der Waals surface area contributed by atoms with E-state index in [2.05, 4.69) is 106 Å². The summed E-state index contributed by atoms with van der Waals surface area (Å²) in [5, 5.41) is 0. The van der Waals surface area contributed by atoms with Crippen molar-refractivity contribution in [2.75, 3.05) is 13.2 Å². The van der Waals surface area contributed by atoms with Gasteiger partial charge in [0.2, 0.25) is 0 Å². The summed E-state index contributed by atoms with van der Waals surface area (Å²) in [7, 11) is 0. The molecule has 0 bridgehead atoms. The lowest BCUT2D eigenvalue weighted by atomic mass is 10.1. The highest BCUT2D eigenvalue weighted by molar-refractivity contribution is 5.71. The van der Waals surface area contributed by atoms with Crippen molar-refractivity contribution in [1.29, 1.82) is 0 Å². The maximum Gasteiger partial charge on any atom is 0.306 e. The lowest BCUT2D eigenvalue weighted by Crippen LogP contribution is -2.30. The molecule has 0 aliphatic carbocycles. The molecule has 0 heterocycles. The van der Waals surface area contributed by atoms with Crippen molar-refractivity contribution in [1.82, 2.24) is 0 Å². The second-order valence-corrected chi connectivity index (χ2v) is 17.0. The first-order valence-electron chi connectivity index (χ1n) is 26.2. The average molecular weight is 889 g/mol. The minimum absolute atomic E-state index is 0.111. The Kier molecular flexibility index (Phi) is 49.0. The zero-order valence-corrected chi connectivity index (χ0v) is 41.5. The molecule has 6 heteroatoms. The number of unbranched alkanes of at least 4 members (excludes halogenated alkanes) is 19. The molecule has 64 heavy (non-hydrogen) atoms. The first-order valence-corrected chi connectivity index (χ1v) is 26.2. The van der Waals surface area contributed by atoms with Crippen LogP contribution >= 0.6 is 0 Å². The third-order valence-corrected chi connectivity index (χ3v) is 10.8. The van der Waals surface area contributed by atoms with Gasteiger partial charge in [-0.2, -0.15) is 0 Å². The first-order chi connectivity index (χ1) is 31.5. The molecule has 0 aliphatic heterocycles. The van der Waals surface area contributed by atoms with Crippen molar-refractivity contribution < 1.29 is 28.6 Å². The molecule has 0 aliphatic rings. The van der Waals surface area contributed by atoms with Gasteiger partial charge in [-0.3, -0.25) is 14.4 Å². The Morgan fingerprint density at radius 2 is 0.641 bits per heavy atom. The fraction of sp³-hybridized carbons (Fsp3) is 0.672. The van der Waals surface area contributed by atoms with Gasteiger partial charge in [-0.15, -0.1) is 0 Å². The Morgan fingerprint density at radius 1 is 0.328 bits per heavy atom. The van der Waals surface area contributed by atoms with Gasteiger partial charge in [0, 0.05) is 19.3 Å². The predicted molar refractivity (Wildman–Crippen MR) is 274 cm³/mol. The molecule has 0 fully saturated rings. The van der Waals surface area contributed by atoms with E-state index < -0.39 is 6.10 Å². The molecule has 0 saturated heterocycles. The van der Waals surface area contributed by atoms with Crippen LogP contribution in [-0.2, 0) is 28.6 Å². The Hall–Kier alpha value is -3.67. The van der Waals surface area contributed by atoms with Crippen LogP contribution in [0.1, 0.15) is 233 Å². The number of esters is 3. The average Bonchev–Trinajstić information content (AvgIpc) is 3.29. The summed E-state index contributed by atoms with van der Waals surface area (Å²) in [6, 6.07) is 0. The normalized spacial score (nSPS) is 12.9.